The molecule has 1 N–H and O–H groups in total. The number of carbonyl (C=O) groups excluding carboxylic acids is 1. The fourth-order valence-electron chi connectivity index (χ4n) is 3.03. The Hall–Kier alpha value is -3.37. The van der Waals surface area contributed by atoms with E-state index in [0.29, 0.717) is 10.6 Å². The quantitative estimate of drug-likeness (QED) is 0.359. The summed E-state index contributed by atoms with van der Waals surface area (Å²) in [5.41, 5.74) is 2.05. The molecule has 0 saturated heterocycles. The van der Waals surface area contributed by atoms with Gasteiger partial charge < -0.3 is 0 Å². The number of halogens is 4. The van der Waals surface area contributed by atoms with Crippen LogP contribution >= 0.6 is 11.6 Å². The molecule has 11 heteroatoms. The first-order valence-electron chi connectivity index (χ1n) is 9.82. The van der Waals surface area contributed by atoms with Crippen molar-refractivity contribution in [3.05, 3.63) is 94.5 Å². The van der Waals surface area contributed by atoms with Crippen molar-refractivity contribution in [3.63, 3.8) is 0 Å². The summed E-state index contributed by atoms with van der Waals surface area (Å²) in [7, 11) is -4.15. The molecule has 34 heavy (non-hydrogen) atoms. The lowest BCUT2D eigenvalue weighted by Crippen LogP contribution is -2.40. The molecule has 0 aromatic heterocycles. The molecule has 0 atom stereocenters. The summed E-state index contributed by atoms with van der Waals surface area (Å²) in [6.07, 6.45) is -3.48. The van der Waals surface area contributed by atoms with Crippen molar-refractivity contribution in [2.24, 2.45) is 5.10 Å². The number of carbonyl (C=O) groups is 1. The Bertz CT molecular complexity index is 1310. The predicted molar refractivity (Wildman–Crippen MR) is 124 cm³/mol. The smallest absolute Gasteiger partial charge is 0.271 e. The molecule has 6 nitrogen and oxygen atoms in total. The molecule has 0 fully saturated rings. The standard InChI is InChI=1S/C23H19ClF3N3O3S/c1-16-20(24)11-6-12-21(16)30(34(32,33)19-9-3-2-4-10-19)15-22(31)29-28-14-17-7-5-8-18(13-17)23(25,26)27/h2-14H,15H2,1H3,(H,29,31)/b28-14-. The van der Waals surface area contributed by atoms with E-state index < -0.39 is 34.2 Å². The van der Waals surface area contributed by atoms with Crippen molar-refractivity contribution in [3.8, 4) is 0 Å². The Morgan fingerprint density at radius 1 is 1.06 bits per heavy atom. The van der Waals surface area contributed by atoms with Gasteiger partial charge in [-0.25, -0.2) is 13.8 Å². The summed E-state index contributed by atoms with van der Waals surface area (Å²) >= 11 is 6.16. The van der Waals surface area contributed by atoms with Gasteiger partial charge in [-0.1, -0.05) is 48.0 Å². The highest BCUT2D eigenvalue weighted by Crippen LogP contribution is 2.31. The van der Waals surface area contributed by atoms with Crippen molar-refractivity contribution in [2.45, 2.75) is 18.0 Å². The van der Waals surface area contributed by atoms with E-state index >= 15 is 0 Å². The van der Waals surface area contributed by atoms with Crippen LogP contribution in [-0.4, -0.2) is 27.1 Å². The first kappa shape index (κ1) is 25.3. The van der Waals surface area contributed by atoms with Gasteiger partial charge in [-0.2, -0.15) is 18.3 Å². The highest BCUT2D eigenvalue weighted by Gasteiger charge is 2.30. The molecule has 3 rings (SSSR count). The number of sulfonamides is 1. The zero-order valence-electron chi connectivity index (χ0n) is 17.8. The maximum atomic E-state index is 13.3. The maximum absolute atomic E-state index is 13.3. The minimum atomic E-state index is -4.52. The van der Waals surface area contributed by atoms with E-state index in [1.807, 2.05) is 0 Å². The predicted octanol–water partition coefficient (Wildman–Crippen LogP) is 5.01. The normalized spacial score (nSPS) is 12.0. The average Bonchev–Trinajstić information content (AvgIpc) is 2.80. The summed E-state index contributed by atoms with van der Waals surface area (Å²) in [5, 5.41) is 3.98. The second-order valence-corrected chi connectivity index (χ2v) is 9.39. The van der Waals surface area contributed by atoms with E-state index in [-0.39, 0.29) is 16.1 Å². The summed E-state index contributed by atoms with van der Waals surface area (Å²) in [4.78, 5) is 12.5. The Morgan fingerprint density at radius 2 is 1.74 bits per heavy atom. The second-order valence-electron chi connectivity index (χ2n) is 7.13. The van der Waals surface area contributed by atoms with Crippen LogP contribution in [0.2, 0.25) is 5.02 Å². The highest BCUT2D eigenvalue weighted by atomic mass is 35.5. The Morgan fingerprint density at radius 3 is 2.41 bits per heavy atom. The molecule has 0 spiro atoms. The van der Waals surface area contributed by atoms with Crippen molar-refractivity contribution < 1.29 is 26.4 Å². The van der Waals surface area contributed by atoms with Gasteiger partial charge in [0.1, 0.15) is 6.54 Å². The summed E-state index contributed by atoms with van der Waals surface area (Å²) in [6.45, 7) is 0.979. The molecule has 0 radical (unpaired) electrons. The topological polar surface area (TPSA) is 78.8 Å². The first-order chi connectivity index (χ1) is 16.0. The third-order valence-electron chi connectivity index (χ3n) is 4.74. The number of rotatable bonds is 7. The minimum Gasteiger partial charge on any atom is -0.271 e. The molecule has 0 aliphatic heterocycles. The lowest BCUT2D eigenvalue weighted by molar-refractivity contribution is -0.137. The molecule has 0 saturated carbocycles. The molecule has 0 bridgehead atoms. The average molecular weight is 510 g/mol. The number of nitrogens with one attached hydrogen (secondary N) is 1. The lowest BCUT2D eigenvalue weighted by atomic mass is 10.1. The van der Waals surface area contributed by atoms with Crippen molar-refractivity contribution in [1.29, 1.82) is 0 Å². The molecule has 0 unspecified atom stereocenters. The first-order valence-corrected chi connectivity index (χ1v) is 11.6. The number of benzene rings is 3. The van der Waals surface area contributed by atoms with E-state index in [4.69, 9.17) is 11.6 Å². The van der Waals surface area contributed by atoms with Gasteiger partial charge in [0.25, 0.3) is 15.9 Å². The van der Waals surface area contributed by atoms with Crippen LogP contribution in [0, 0.1) is 6.92 Å². The van der Waals surface area contributed by atoms with Gasteiger partial charge >= 0.3 is 6.18 Å². The van der Waals surface area contributed by atoms with Crippen molar-refractivity contribution in [1.82, 2.24) is 5.43 Å². The van der Waals surface area contributed by atoms with Crippen LogP contribution in [0.1, 0.15) is 16.7 Å². The summed E-state index contributed by atoms with van der Waals surface area (Å²) in [6, 6.07) is 16.6. The number of hydrogen-bond donors (Lipinski definition) is 1. The van der Waals surface area contributed by atoms with Crippen LogP contribution in [0.5, 0.6) is 0 Å². The van der Waals surface area contributed by atoms with E-state index in [9.17, 15) is 26.4 Å². The fourth-order valence-corrected chi connectivity index (χ4v) is 4.69. The van der Waals surface area contributed by atoms with Gasteiger partial charge in [-0.05, 0) is 54.4 Å². The van der Waals surface area contributed by atoms with E-state index in [1.165, 1.54) is 30.3 Å². The molecule has 1 amide bonds. The molecule has 178 valence electrons. The van der Waals surface area contributed by atoms with E-state index in [0.717, 1.165) is 22.7 Å². The van der Waals surface area contributed by atoms with Gasteiger partial charge in [0, 0.05) is 5.02 Å². The minimum absolute atomic E-state index is 0.0327. The SMILES string of the molecule is Cc1c(Cl)cccc1N(CC(=O)N/N=C\c1cccc(C(F)(F)F)c1)S(=O)(=O)c1ccccc1. The number of hydrazone groups is 1. The van der Waals surface area contributed by atoms with E-state index in [1.54, 1.807) is 37.3 Å². The molecule has 0 aliphatic rings. The molecule has 3 aromatic rings. The van der Waals surface area contributed by atoms with Crippen LogP contribution in [0.4, 0.5) is 18.9 Å². The molecule has 0 heterocycles. The molecular formula is C23H19ClF3N3O3S. The maximum Gasteiger partial charge on any atom is 0.416 e. The second kappa shape index (κ2) is 10.3. The van der Waals surface area contributed by atoms with Gasteiger partial charge in [0.2, 0.25) is 0 Å². The Balaban J connectivity index is 1.85. The van der Waals surface area contributed by atoms with Crippen LogP contribution in [-0.2, 0) is 21.0 Å². The van der Waals surface area contributed by atoms with Gasteiger partial charge in [0.05, 0.1) is 22.4 Å². The number of anilines is 1. The zero-order valence-corrected chi connectivity index (χ0v) is 19.3. The number of alkyl halides is 3. The summed E-state index contributed by atoms with van der Waals surface area (Å²) in [5.74, 6) is -0.804. The highest BCUT2D eigenvalue weighted by molar-refractivity contribution is 7.92. The van der Waals surface area contributed by atoms with E-state index in [2.05, 4.69) is 10.5 Å². The van der Waals surface area contributed by atoms with Crippen LogP contribution in [0.15, 0.2) is 82.8 Å². The van der Waals surface area contributed by atoms with Gasteiger partial charge in [-0.3, -0.25) is 9.10 Å². The van der Waals surface area contributed by atoms with Crippen LogP contribution < -0.4 is 9.73 Å². The van der Waals surface area contributed by atoms with Crippen molar-refractivity contribution in [2.75, 3.05) is 10.8 Å². The lowest BCUT2D eigenvalue weighted by Gasteiger charge is -2.25. The van der Waals surface area contributed by atoms with Crippen LogP contribution in [0.25, 0.3) is 0 Å². The largest absolute Gasteiger partial charge is 0.416 e. The third kappa shape index (κ3) is 5.95. The number of hydrogen-bond acceptors (Lipinski definition) is 4. The van der Waals surface area contributed by atoms with Crippen LogP contribution in [0.3, 0.4) is 0 Å². The fraction of sp³-hybridized carbons (Fsp3) is 0.130. The summed E-state index contributed by atoms with van der Waals surface area (Å²) < 4.78 is 66.1. The molecular weight excluding hydrogens is 491 g/mol. The number of nitrogens with zero attached hydrogens (tertiary/aromatic N) is 2. The van der Waals surface area contributed by atoms with Gasteiger partial charge in [-0.15, -0.1) is 0 Å². The molecule has 0 aliphatic carbocycles. The molecule has 3 aromatic carbocycles. The number of amides is 1. The Labute approximate surface area is 199 Å². The Kier molecular flexibility index (Phi) is 7.63. The third-order valence-corrected chi connectivity index (χ3v) is 6.93. The monoisotopic (exact) mass is 509 g/mol. The zero-order chi connectivity index (χ0) is 24.9. The van der Waals surface area contributed by atoms with Crippen molar-refractivity contribution >= 4 is 39.4 Å². The van der Waals surface area contributed by atoms with Gasteiger partial charge in [0.15, 0.2) is 0 Å².